The van der Waals surface area contributed by atoms with Crippen LogP contribution < -0.4 is 20.1 Å². The fraction of sp³-hybridized carbons (Fsp3) is 0.276. The quantitative estimate of drug-likeness (QED) is 0.487. The van der Waals surface area contributed by atoms with E-state index in [-0.39, 0.29) is 18.7 Å². The van der Waals surface area contributed by atoms with E-state index in [2.05, 4.69) is 71.9 Å². The Hall–Kier alpha value is -3.75. The van der Waals surface area contributed by atoms with Gasteiger partial charge in [-0.2, -0.15) is 0 Å². The fourth-order valence-corrected chi connectivity index (χ4v) is 3.83. The van der Waals surface area contributed by atoms with E-state index in [0.29, 0.717) is 18.8 Å². The molecule has 4 rings (SSSR count). The molecular formula is C29H30N2O3. The number of rotatable bonds is 7. The molecule has 0 saturated carbocycles. The van der Waals surface area contributed by atoms with Gasteiger partial charge in [0.25, 0.3) is 0 Å². The number of hydrogen-bond donors (Lipinski definition) is 2. The van der Waals surface area contributed by atoms with Crippen LogP contribution in [-0.4, -0.2) is 19.2 Å². The van der Waals surface area contributed by atoms with Crippen molar-refractivity contribution in [3.8, 4) is 23.3 Å². The fourth-order valence-electron chi connectivity index (χ4n) is 3.83. The molecule has 5 nitrogen and oxygen atoms in total. The van der Waals surface area contributed by atoms with Crippen LogP contribution in [0, 0.1) is 17.3 Å². The van der Waals surface area contributed by atoms with E-state index in [1.54, 1.807) is 6.08 Å². The number of ether oxygens (including phenoxy) is 2. The molecule has 1 aliphatic heterocycles. The highest BCUT2D eigenvalue weighted by Crippen LogP contribution is 2.32. The van der Waals surface area contributed by atoms with Crippen molar-refractivity contribution in [1.29, 1.82) is 0 Å². The molecule has 1 heterocycles. The third-order valence-electron chi connectivity index (χ3n) is 5.88. The van der Waals surface area contributed by atoms with E-state index >= 15 is 0 Å². The highest BCUT2D eigenvalue weighted by atomic mass is 16.7. The topological polar surface area (TPSA) is 59.6 Å². The summed E-state index contributed by atoms with van der Waals surface area (Å²) in [6.07, 6.45) is 3.78. The van der Waals surface area contributed by atoms with Gasteiger partial charge in [0.2, 0.25) is 12.7 Å². The van der Waals surface area contributed by atoms with Crippen LogP contribution in [0.3, 0.4) is 0 Å². The predicted molar refractivity (Wildman–Crippen MR) is 135 cm³/mol. The molecule has 34 heavy (non-hydrogen) atoms. The molecule has 0 saturated heterocycles. The zero-order chi connectivity index (χ0) is 24.0. The number of amides is 1. The van der Waals surface area contributed by atoms with Crippen molar-refractivity contribution in [1.82, 2.24) is 10.6 Å². The van der Waals surface area contributed by atoms with Crippen molar-refractivity contribution < 1.29 is 14.3 Å². The Morgan fingerprint density at radius 1 is 1.09 bits per heavy atom. The van der Waals surface area contributed by atoms with Crippen molar-refractivity contribution in [3.63, 3.8) is 0 Å². The summed E-state index contributed by atoms with van der Waals surface area (Å²) in [5.74, 6) is 7.39. The third kappa shape index (κ3) is 5.59. The van der Waals surface area contributed by atoms with Gasteiger partial charge in [0, 0.05) is 19.1 Å². The summed E-state index contributed by atoms with van der Waals surface area (Å²) in [5.41, 5.74) is 1.43. The summed E-state index contributed by atoms with van der Waals surface area (Å²) < 4.78 is 10.7. The maximum Gasteiger partial charge on any atom is 0.237 e. The molecule has 174 valence electrons. The van der Waals surface area contributed by atoms with Crippen molar-refractivity contribution in [2.24, 2.45) is 5.41 Å². The minimum absolute atomic E-state index is 0.117. The maximum absolute atomic E-state index is 12.6. The Morgan fingerprint density at radius 2 is 1.88 bits per heavy atom. The lowest BCUT2D eigenvalue weighted by atomic mass is 9.93. The van der Waals surface area contributed by atoms with Crippen LogP contribution in [0.4, 0.5) is 0 Å². The van der Waals surface area contributed by atoms with Crippen LogP contribution in [-0.2, 0) is 11.3 Å². The Morgan fingerprint density at radius 3 is 2.76 bits per heavy atom. The lowest BCUT2D eigenvalue weighted by Gasteiger charge is -2.17. The van der Waals surface area contributed by atoms with Crippen molar-refractivity contribution in [2.45, 2.75) is 33.4 Å². The molecule has 0 bridgehead atoms. The zero-order valence-electron chi connectivity index (χ0n) is 19.9. The Labute approximate surface area is 201 Å². The van der Waals surface area contributed by atoms with Gasteiger partial charge < -0.3 is 20.1 Å². The normalized spacial score (nSPS) is 13.5. The number of carbonyl (C=O) groups excluding carboxylic acids is 1. The Kier molecular flexibility index (Phi) is 7.20. The van der Waals surface area contributed by atoms with Gasteiger partial charge in [-0.3, -0.25) is 4.79 Å². The van der Waals surface area contributed by atoms with Crippen LogP contribution in [0.2, 0.25) is 0 Å². The summed E-state index contributed by atoms with van der Waals surface area (Å²) in [5, 5.41) is 8.98. The minimum atomic E-state index is -0.801. The lowest BCUT2D eigenvalue weighted by Crippen LogP contribution is -2.35. The summed E-state index contributed by atoms with van der Waals surface area (Å²) in [6.45, 7) is 7.14. The molecule has 0 spiro atoms. The maximum atomic E-state index is 12.6. The zero-order valence-corrected chi connectivity index (χ0v) is 19.9. The summed E-state index contributed by atoms with van der Waals surface area (Å²) in [4.78, 5) is 12.6. The first-order valence-corrected chi connectivity index (χ1v) is 11.5. The molecule has 0 fully saturated rings. The van der Waals surface area contributed by atoms with Gasteiger partial charge in [0.05, 0.1) is 0 Å². The molecule has 0 radical (unpaired) electrons. The molecule has 5 heteroatoms. The van der Waals surface area contributed by atoms with Gasteiger partial charge in [-0.25, -0.2) is 0 Å². The molecule has 1 aliphatic rings. The summed E-state index contributed by atoms with van der Waals surface area (Å²) >= 11 is 0. The first-order valence-electron chi connectivity index (χ1n) is 11.5. The molecule has 2 N–H and O–H groups in total. The first kappa shape index (κ1) is 23.4. The van der Waals surface area contributed by atoms with Crippen LogP contribution in [0.5, 0.6) is 11.5 Å². The van der Waals surface area contributed by atoms with Crippen molar-refractivity contribution in [3.05, 3.63) is 83.9 Å². The monoisotopic (exact) mass is 454 g/mol. The van der Waals surface area contributed by atoms with Gasteiger partial charge in [0.1, 0.15) is 5.41 Å². The minimum Gasteiger partial charge on any atom is -0.454 e. The van der Waals surface area contributed by atoms with Crippen LogP contribution in [0.25, 0.3) is 10.8 Å². The van der Waals surface area contributed by atoms with E-state index in [1.165, 1.54) is 16.3 Å². The number of carbonyl (C=O) groups is 1. The van der Waals surface area contributed by atoms with E-state index < -0.39 is 5.41 Å². The number of nitrogens with one attached hydrogen (secondary N) is 2. The van der Waals surface area contributed by atoms with E-state index in [4.69, 9.17) is 9.47 Å². The smallest absolute Gasteiger partial charge is 0.237 e. The molecule has 0 aliphatic carbocycles. The lowest BCUT2D eigenvalue weighted by molar-refractivity contribution is -0.126. The Balaban J connectivity index is 1.26. The standard InChI is InChI=1S/C29H30N2O3/c1-21(24-13-9-11-23-10-5-6-12-25(23)24)30-17-8-4-7-16-29(2,3)28(32)31-19-22-14-15-26-27(18-22)34-20-33-26/h4-6,8-15,18,21,30H,17,19-20H2,1-3H3,(H,31,32)/t21-/m1/s1. The second kappa shape index (κ2) is 10.5. The van der Waals surface area contributed by atoms with Gasteiger partial charge in [0.15, 0.2) is 11.5 Å². The summed E-state index contributed by atoms with van der Waals surface area (Å²) in [6, 6.07) is 20.7. The van der Waals surface area contributed by atoms with Crippen LogP contribution in [0.1, 0.15) is 37.9 Å². The van der Waals surface area contributed by atoms with Crippen LogP contribution >= 0.6 is 0 Å². The van der Waals surface area contributed by atoms with Gasteiger partial charge >= 0.3 is 0 Å². The summed E-state index contributed by atoms with van der Waals surface area (Å²) in [7, 11) is 0. The second-order valence-corrected chi connectivity index (χ2v) is 8.87. The number of hydrogen-bond acceptors (Lipinski definition) is 4. The van der Waals surface area contributed by atoms with E-state index in [1.807, 2.05) is 38.1 Å². The Bertz CT molecular complexity index is 1260. The number of fused-ring (bicyclic) bond motifs is 2. The molecule has 1 atom stereocenters. The average molecular weight is 455 g/mol. The van der Waals surface area contributed by atoms with Crippen molar-refractivity contribution in [2.75, 3.05) is 13.3 Å². The van der Waals surface area contributed by atoms with Gasteiger partial charge in [-0.05, 0) is 60.9 Å². The largest absolute Gasteiger partial charge is 0.454 e. The van der Waals surface area contributed by atoms with Crippen LogP contribution in [0.15, 0.2) is 72.8 Å². The molecule has 1 amide bonds. The van der Waals surface area contributed by atoms with E-state index in [0.717, 1.165) is 11.3 Å². The molecule has 3 aromatic rings. The van der Waals surface area contributed by atoms with Crippen molar-refractivity contribution >= 4 is 16.7 Å². The highest BCUT2D eigenvalue weighted by Gasteiger charge is 2.25. The number of benzene rings is 3. The highest BCUT2D eigenvalue weighted by molar-refractivity contribution is 5.86. The molecule has 0 unspecified atom stereocenters. The second-order valence-electron chi connectivity index (χ2n) is 8.87. The van der Waals surface area contributed by atoms with Gasteiger partial charge in [-0.15, -0.1) is 0 Å². The molecular weight excluding hydrogens is 424 g/mol. The first-order chi connectivity index (χ1) is 16.4. The molecule has 0 aromatic heterocycles. The van der Waals surface area contributed by atoms with Gasteiger partial charge in [-0.1, -0.05) is 66.4 Å². The number of allylic oxidation sites excluding steroid dienone is 1. The SMILES string of the molecule is C[C@@H](NCC=CC#CC(C)(C)C(=O)NCc1ccc2c(c1)OCO2)c1cccc2ccccc12. The third-order valence-corrected chi connectivity index (χ3v) is 5.88. The van der Waals surface area contributed by atoms with E-state index in [9.17, 15) is 4.79 Å². The predicted octanol–water partition coefficient (Wildman–Crippen LogP) is 5.12. The average Bonchev–Trinajstić information content (AvgIpc) is 3.32. The molecule has 3 aromatic carbocycles.